The third-order valence-electron chi connectivity index (χ3n) is 10.7. The Kier molecular flexibility index (Phi) is 13.8. The number of hydrogen-bond acceptors (Lipinski definition) is 0. The first-order valence-corrected chi connectivity index (χ1v) is 21.0. The van der Waals surface area contributed by atoms with Gasteiger partial charge in [-0.3, -0.25) is 0 Å². The number of halogens is 2. The molecule has 6 aromatic carbocycles. The van der Waals surface area contributed by atoms with E-state index in [1.807, 2.05) is 0 Å². The molecule has 0 aromatic heterocycles. The van der Waals surface area contributed by atoms with Crippen LogP contribution in [0.1, 0.15) is 106 Å². The summed E-state index contributed by atoms with van der Waals surface area (Å²) in [6.07, 6.45) is 5.74. The Morgan fingerprint density at radius 3 is 1.91 bits per heavy atom. The fourth-order valence-electron chi connectivity index (χ4n) is 8.18. The van der Waals surface area contributed by atoms with Crippen LogP contribution in [0.3, 0.4) is 0 Å². The first-order chi connectivity index (χ1) is 23.9. The second-order valence-corrected chi connectivity index (χ2v) is 17.7. The molecule has 0 heterocycles. The zero-order valence-electron chi connectivity index (χ0n) is 32.8. The van der Waals surface area contributed by atoms with Crippen molar-refractivity contribution >= 4 is 37.1 Å². The third-order valence-corrected chi connectivity index (χ3v) is 10.7. The van der Waals surface area contributed by atoms with Gasteiger partial charge in [-0.2, -0.15) is 17.7 Å². The maximum absolute atomic E-state index is 4.11. The van der Waals surface area contributed by atoms with Crippen LogP contribution in [0.15, 0.2) is 103 Å². The summed E-state index contributed by atoms with van der Waals surface area (Å²) in [4.78, 5) is 0. The van der Waals surface area contributed by atoms with Gasteiger partial charge in [-0.1, -0.05) is 165 Å². The minimum atomic E-state index is -0.00600. The first-order valence-electron chi connectivity index (χ1n) is 18.7. The van der Waals surface area contributed by atoms with Gasteiger partial charge in [-0.25, -0.2) is 0 Å². The molecule has 0 fully saturated rings. The zero-order valence-corrected chi connectivity index (χ0v) is 38.0. The van der Waals surface area contributed by atoms with Gasteiger partial charge in [0, 0.05) is 15.4 Å². The van der Waals surface area contributed by atoms with E-state index in [0.29, 0.717) is 0 Å². The predicted octanol–water partition coefficient (Wildman–Crippen LogP) is 7.48. The molecular weight excluding hydrogens is 779 g/mol. The van der Waals surface area contributed by atoms with E-state index in [1.54, 1.807) is 0 Å². The molecule has 1 unspecified atom stereocenters. The minimum absolute atomic E-state index is 0. The molecule has 270 valence electrons. The van der Waals surface area contributed by atoms with Crippen LogP contribution >= 0.6 is 0 Å². The van der Waals surface area contributed by atoms with Crippen LogP contribution in [0.5, 0.6) is 0 Å². The number of hydrogen-bond donors (Lipinski definition) is 0. The average molecular weight is 831 g/mol. The van der Waals surface area contributed by atoms with E-state index in [0.717, 1.165) is 28.8 Å². The molecule has 1 atom stereocenters. The summed E-state index contributed by atoms with van der Waals surface area (Å²) in [6, 6.07) is 41.0. The standard InChI is InChI=1S/C47H45.C2H7Si.2ClH.Zr/c1-8-14-32-25-40-37(19-13-20-38(40)45-35-17-11-9-15-29(35)23-30-16-10-12-18-36(30)45)44(32)43-28-34(47(5,6)7)27-42-39-26-33(46(2,3)4)22-21-31(39)24-41(42)43;1-3-2;;;/h9-13,15-23,25-27,44H,8,14,24H2,1-7H3;3H,1-2H3;2*1H;/q-1;;;;+3/p-2. The summed E-state index contributed by atoms with van der Waals surface area (Å²) in [6.45, 7) is 20.7. The molecule has 8 rings (SSSR count). The topological polar surface area (TPSA) is 0 Å². The van der Waals surface area contributed by atoms with Crippen LogP contribution in [-0.4, -0.2) is 9.52 Å². The van der Waals surface area contributed by atoms with Crippen molar-refractivity contribution in [2.75, 3.05) is 0 Å². The van der Waals surface area contributed by atoms with E-state index in [2.05, 4.69) is 171 Å². The molecule has 0 nitrogen and oxygen atoms in total. The van der Waals surface area contributed by atoms with E-state index in [4.69, 9.17) is 0 Å². The summed E-state index contributed by atoms with van der Waals surface area (Å²) < 4.78 is 0. The Labute approximate surface area is 353 Å². The van der Waals surface area contributed by atoms with E-state index in [9.17, 15) is 0 Å². The van der Waals surface area contributed by atoms with Crippen molar-refractivity contribution in [2.45, 2.75) is 97.6 Å². The fourth-order valence-corrected chi connectivity index (χ4v) is 8.18. The Morgan fingerprint density at radius 1 is 0.698 bits per heavy atom. The zero-order chi connectivity index (χ0) is 35.4. The Hall–Kier alpha value is -2.74. The quantitative estimate of drug-likeness (QED) is 0.0982. The molecule has 4 heteroatoms. The monoisotopic (exact) mass is 828 g/mol. The second kappa shape index (κ2) is 17.0. The Morgan fingerprint density at radius 2 is 1.32 bits per heavy atom. The largest absolute Gasteiger partial charge is 3.00 e. The molecule has 0 saturated heterocycles. The summed E-state index contributed by atoms with van der Waals surface area (Å²) >= 11 is 0. The summed E-state index contributed by atoms with van der Waals surface area (Å²) in [7, 11) is 0.750. The Balaban J connectivity index is 0.00000101. The van der Waals surface area contributed by atoms with Crippen LogP contribution in [0.25, 0.3) is 49.9 Å². The van der Waals surface area contributed by atoms with Crippen molar-refractivity contribution in [3.05, 3.63) is 148 Å². The number of rotatable bonds is 4. The molecule has 0 aliphatic heterocycles. The number of benzene rings is 6. The van der Waals surface area contributed by atoms with Gasteiger partial charge < -0.3 is 24.8 Å². The molecule has 2 aliphatic carbocycles. The van der Waals surface area contributed by atoms with E-state index in [-0.39, 0.29) is 67.8 Å². The normalized spacial score (nSPS) is 14.1. The molecule has 0 saturated carbocycles. The van der Waals surface area contributed by atoms with Crippen molar-refractivity contribution in [2.24, 2.45) is 0 Å². The predicted molar refractivity (Wildman–Crippen MR) is 221 cm³/mol. The van der Waals surface area contributed by atoms with Crippen molar-refractivity contribution < 1.29 is 51.0 Å². The fraction of sp³-hybridized carbons (Fsp3) is 0.306. The van der Waals surface area contributed by atoms with Gasteiger partial charge in [0.15, 0.2) is 0 Å². The van der Waals surface area contributed by atoms with Gasteiger partial charge in [-0.05, 0) is 90.2 Å². The van der Waals surface area contributed by atoms with Crippen molar-refractivity contribution in [3.63, 3.8) is 0 Å². The summed E-state index contributed by atoms with van der Waals surface area (Å²) in [5, 5.41) is 5.23. The van der Waals surface area contributed by atoms with Crippen LogP contribution in [0, 0.1) is 6.07 Å². The van der Waals surface area contributed by atoms with Gasteiger partial charge in [0.05, 0.1) is 0 Å². The average Bonchev–Trinajstić information content (AvgIpc) is 3.64. The van der Waals surface area contributed by atoms with Gasteiger partial charge in [0.1, 0.15) is 0 Å². The summed E-state index contributed by atoms with van der Waals surface area (Å²) in [5.74, 6) is 0.207. The molecule has 0 amide bonds. The SMILES string of the molecule is CCCC1=Cc2c(-c3c4ccccc4cc4ccccc34)cccc2C1c1[c-]c(C(C)(C)C)cc2c1Cc1ccc(C(C)(C)C)cc1-2.C[SiH]C.[Cl-].[Cl-].[Zr+3]. The summed E-state index contributed by atoms with van der Waals surface area (Å²) in [5.41, 5.74) is 17.0. The van der Waals surface area contributed by atoms with Gasteiger partial charge in [0.25, 0.3) is 0 Å². The van der Waals surface area contributed by atoms with E-state index < -0.39 is 0 Å². The first kappa shape index (κ1) is 43.0. The molecule has 6 aromatic rings. The maximum Gasteiger partial charge on any atom is 3.00 e. The number of allylic oxidation sites excluding steroid dienone is 1. The third kappa shape index (κ3) is 8.00. The van der Waals surface area contributed by atoms with Crippen molar-refractivity contribution in [3.8, 4) is 22.3 Å². The van der Waals surface area contributed by atoms with Gasteiger partial charge in [-0.15, -0.1) is 16.7 Å². The maximum atomic E-state index is 4.11. The van der Waals surface area contributed by atoms with Crippen LogP contribution < -0.4 is 24.8 Å². The molecular formula is C49H52Cl2SiZr. The Bertz CT molecular complexity index is 2230. The van der Waals surface area contributed by atoms with Crippen LogP contribution in [0.2, 0.25) is 13.1 Å². The van der Waals surface area contributed by atoms with E-state index in [1.165, 1.54) is 88.3 Å². The smallest absolute Gasteiger partial charge is 1.00 e. The molecule has 2 radical (unpaired) electrons. The van der Waals surface area contributed by atoms with Crippen LogP contribution in [0.4, 0.5) is 0 Å². The van der Waals surface area contributed by atoms with Crippen molar-refractivity contribution in [1.29, 1.82) is 0 Å². The van der Waals surface area contributed by atoms with Crippen molar-refractivity contribution in [1.82, 2.24) is 0 Å². The van der Waals surface area contributed by atoms with Crippen LogP contribution in [-0.2, 0) is 43.5 Å². The van der Waals surface area contributed by atoms with Gasteiger partial charge in [0.2, 0.25) is 0 Å². The number of fused-ring (bicyclic) bond motifs is 6. The molecule has 0 spiro atoms. The second-order valence-electron chi connectivity index (χ2n) is 16.5. The molecule has 2 aliphatic rings. The van der Waals surface area contributed by atoms with Gasteiger partial charge >= 0.3 is 26.2 Å². The molecule has 0 bridgehead atoms. The van der Waals surface area contributed by atoms with E-state index >= 15 is 0 Å². The molecule has 0 N–H and O–H groups in total. The molecule has 53 heavy (non-hydrogen) atoms. The minimum Gasteiger partial charge on any atom is -1.00 e.